The molecule has 0 saturated carbocycles. The molecule has 1 atom stereocenters. The van der Waals surface area contributed by atoms with Crippen LogP contribution in [0, 0.1) is 0 Å². The zero-order chi connectivity index (χ0) is 18.4. The van der Waals surface area contributed by atoms with Crippen molar-refractivity contribution in [2.24, 2.45) is 0 Å². The van der Waals surface area contributed by atoms with Crippen LogP contribution in [0.5, 0.6) is 5.75 Å². The number of amides is 1. The number of hydrogen-bond donors (Lipinski definition) is 0. The highest BCUT2D eigenvalue weighted by Gasteiger charge is 2.26. The van der Waals surface area contributed by atoms with E-state index in [1.165, 1.54) is 11.1 Å². The largest absolute Gasteiger partial charge is 0.497 e. The molecule has 0 bridgehead atoms. The quantitative estimate of drug-likeness (QED) is 0.799. The highest BCUT2D eigenvalue weighted by molar-refractivity contribution is 5.76. The van der Waals surface area contributed by atoms with Crippen molar-refractivity contribution in [3.63, 3.8) is 0 Å². The van der Waals surface area contributed by atoms with Gasteiger partial charge in [-0.3, -0.25) is 9.69 Å². The van der Waals surface area contributed by atoms with Crippen molar-refractivity contribution >= 4 is 5.91 Å². The third-order valence-corrected chi connectivity index (χ3v) is 5.13. The molecule has 0 radical (unpaired) electrons. The summed E-state index contributed by atoms with van der Waals surface area (Å²) in [4.78, 5) is 17.1. The topological polar surface area (TPSA) is 32.8 Å². The van der Waals surface area contributed by atoms with Crippen LogP contribution in [-0.2, 0) is 17.8 Å². The summed E-state index contributed by atoms with van der Waals surface area (Å²) in [7, 11) is 1.66. The minimum atomic E-state index is 0.257. The van der Waals surface area contributed by atoms with Crippen molar-refractivity contribution in [1.29, 1.82) is 0 Å². The molecule has 4 heteroatoms. The van der Waals surface area contributed by atoms with Crippen molar-refractivity contribution in [2.75, 3.05) is 26.7 Å². The summed E-state index contributed by atoms with van der Waals surface area (Å²) < 4.78 is 5.17. The van der Waals surface area contributed by atoms with Crippen LogP contribution >= 0.6 is 0 Å². The van der Waals surface area contributed by atoms with Crippen LogP contribution in [0.2, 0.25) is 0 Å². The van der Waals surface area contributed by atoms with Gasteiger partial charge < -0.3 is 9.64 Å². The summed E-state index contributed by atoms with van der Waals surface area (Å²) in [5.74, 6) is 1.11. The van der Waals surface area contributed by atoms with Gasteiger partial charge in [0.1, 0.15) is 5.75 Å². The Morgan fingerprint density at radius 3 is 2.42 bits per heavy atom. The second-order valence-corrected chi connectivity index (χ2v) is 6.99. The Hall–Kier alpha value is -2.33. The van der Waals surface area contributed by atoms with Crippen LogP contribution in [-0.4, -0.2) is 48.5 Å². The minimum absolute atomic E-state index is 0.257. The van der Waals surface area contributed by atoms with Gasteiger partial charge >= 0.3 is 0 Å². The lowest BCUT2D eigenvalue weighted by atomic mass is 10.1. The van der Waals surface area contributed by atoms with Gasteiger partial charge in [-0.05, 0) is 36.6 Å². The second-order valence-electron chi connectivity index (χ2n) is 6.99. The average molecular weight is 352 g/mol. The number of methoxy groups -OCH3 is 1. The molecule has 26 heavy (non-hydrogen) atoms. The number of ether oxygens (including phenoxy) is 1. The molecule has 1 aliphatic heterocycles. The van der Waals surface area contributed by atoms with E-state index in [9.17, 15) is 4.79 Å². The molecule has 1 amide bonds. The summed E-state index contributed by atoms with van der Waals surface area (Å²) in [6.45, 7) is 5.74. The molecule has 1 unspecified atom stereocenters. The number of carbonyl (C=O) groups excluding carboxylic acids is 1. The Morgan fingerprint density at radius 1 is 1.04 bits per heavy atom. The molecule has 1 aliphatic rings. The first-order chi connectivity index (χ1) is 12.7. The maximum atomic E-state index is 12.6. The highest BCUT2D eigenvalue weighted by Crippen LogP contribution is 2.16. The molecular weight excluding hydrogens is 324 g/mol. The van der Waals surface area contributed by atoms with Crippen molar-refractivity contribution in [1.82, 2.24) is 9.80 Å². The Morgan fingerprint density at radius 2 is 1.77 bits per heavy atom. The second kappa shape index (κ2) is 8.86. The van der Waals surface area contributed by atoms with Crippen LogP contribution in [0.25, 0.3) is 0 Å². The third kappa shape index (κ3) is 4.85. The molecule has 4 nitrogen and oxygen atoms in total. The Labute approximate surface area is 156 Å². The fourth-order valence-electron chi connectivity index (χ4n) is 3.48. The molecule has 3 rings (SSSR count). The first kappa shape index (κ1) is 18.5. The van der Waals surface area contributed by atoms with Gasteiger partial charge in [0.2, 0.25) is 5.91 Å². The van der Waals surface area contributed by atoms with Gasteiger partial charge in [0.25, 0.3) is 0 Å². The third-order valence-electron chi connectivity index (χ3n) is 5.13. The average Bonchev–Trinajstić information content (AvgIpc) is 2.69. The Bertz CT molecular complexity index is 700. The summed E-state index contributed by atoms with van der Waals surface area (Å²) >= 11 is 0. The van der Waals surface area contributed by atoms with E-state index in [1.54, 1.807) is 7.11 Å². The van der Waals surface area contributed by atoms with Crippen molar-refractivity contribution in [3.05, 3.63) is 65.7 Å². The van der Waals surface area contributed by atoms with E-state index in [2.05, 4.69) is 36.1 Å². The number of aryl methyl sites for hydroxylation is 1. The monoisotopic (exact) mass is 352 g/mol. The number of piperazine rings is 1. The molecule has 2 aromatic carbocycles. The van der Waals surface area contributed by atoms with Crippen molar-refractivity contribution in [2.45, 2.75) is 32.4 Å². The molecule has 1 heterocycles. The summed E-state index contributed by atoms with van der Waals surface area (Å²) in [5.41, 5.74) is 2.51. The van der Waals surface area contributed by atoms with E-state index in [4.69, 9.17) is 4.74 Å². The van der Waals surface area contributed by atoms with Gasteiger partial charge in [-0.25, -0.2) is 0 Å². The highest BCUT2D eigenvalue weighted by atomic mass is 16.5. The first-order valence-corrected chi connectivity index (χ1v) is 9.34. The molecule has 2 aromatic rings. The lowest BCUT2D eigenvalue weighted by molar-refractivity contribution is -0.134. The molecule has 0 aromatic heterocycles. The van der Waals surface area contributed by atoms with E-state index < -0.39 is 0 Å². The smallest absolute Gasteiger partial charge is 0.222 e. The molecule has 1 saturated heterocycles. The Balaban J connectivity index is 1.47. The van der Waals surface area contributed by atoms with Gasteiger partial charge in [0.15, 0.2) is 0 Å². The number of nitrogens with zero attached hydrogens (tertiary/aromatic N) is 2. The van der Waals surface area contributed by atoms with Crippen LogP contribution in [0.4, 0.5) is 0 Å². The standard InChI is InChI=1S/C22H28N2O2/c1-18-16-24(15-14-23(18)17-20-6-4-3-5-7-20)22(25)13-10-19-8-11-21(26-2)12-9-19/h3-9,11-12,18H,10,13-17H2,1-2H3. The molecule has 0 N–H and O–H groups in total. The van der Waals surface area contributed by atoms with Crippen LogP contribution < -0.4 is 4.74 Å². The van der Waals surface area contributed by atoms with Crippen LogP contribution in [0.3, 0.4) is 0 Å². The fourth-order valence-corrected chi connectivity index (χ4v) is 3.48. The number of carbonyl (C=O) groups is 1. The van der Waals surface area contributed by atoms with Gasteiger partial charge in [-0.2, -0.15) is 0 Å². The predicted octanol–water partition coefficient (Wildman–Crippen LogP) is 3.36. The van der Waals surface area contributed by atoms with E-state index >= 15 is 0 Å². The summed E-state index contributed by atoms with van der Waals surface area (Å²) in [5, 5.41) is 0. The molecule has 1 fully saturated rings. The molecule has 0 aliphatic carbocycles. The lowest BCUT2D eigenvalue weighted by Gasteiger charge is -2.40. The van der Waals surface area contributed by atoms with E-state index in [0.717, 1.165) is 38.3 Å². The van der Waals surface area contributed by atoms with Crippen LogP contribution in [0.1, 0.15) is 24.5 Å². The summed E-state index contributed by atoms with van der Waals surface area (Å²) in [6, 6.07) is 18.9. The number of benzene rings is 2. The maximum absolute atomic E-state index is 12.6. The van der Waals surface area contributed by atoms with Crippen molar-refractivity contribution < 1.29 is 9.53 Å². The van der Waals surface area contributed by atoms with Gasteiger partial charge in [0.05, 0.1) is 7.11 Å². The zero-order valence-corrected chi connectivity index (χ0v) is 15.7. The SMILES string of the molecule is COc1ccc(CCC(=O)N2CCN(Cc3ccccc3)C(C)C2)cc1. The van der Waals surface area contributed by atoms with E-state index in [0.29, 0.717) is 12.5 Å². The Kier molecular flexibility index (Phi) is 6.29. The minimum Gasteiger partial charge on any atom is -0.497 e. The van der Waals surface area contributed by atoms with Crippen LogP contribution in [0.15, 0.2) is 54.6 Å². The fraction of sp³-hybridized carbons (Fsp3) is 0.409. The van der Waals surface area contributed by atoms with E-state index in [1.807, 2.05) is 35.2 Å². The van der Waals surface area contributed by atoms with Gasteiger partial charge in [0, 0.05) is 38.6 Å². The number of rotatable bonds is 6. The molecular formula is C22H28N2O2. The van der Waals surface area contributed by atoms with E-state index in [-0.39, 0.29) is 5.91 Å². The van der Waals surface area contributed by atoms with Gasteiger partial charge in [-0.1, -0.05) is 42.5 Å². The van der Waals surface area contributed by atoms with Crippen molar-refractivity contribution in [3.8, 4) is 5.75 Å². The lowest BCUT2D eigenvalue weighted by Crippen LogP contribution is -2.53. The molecule has 138 valence electrons. The normalized spacial score (nSPS) is 17.9. The number of hydrogen-bond acceptors (Lipinski definition) is 3. The predicted molar refractivity (Wildman–Crippen MR) is 104 cm³/mol. The zero-order valence-electron chi connectivity index (χ0n) is 15.7. The summed E-state index contributed by atoms with van der Waals surface area (Å²) in [6.07, 6.45) is 1.35. The first-order valence-electron chi connectivity index (χ1n) is 9.34. The maximum Gasteiger partial charge on any atom is 0.222 e. The molecule has 0 spiro atoms. The van der Waals surface area contributed by atoms with Gasteiger partial charge in [-0.15, -0.1) is 0 Å².